The van der Waals surface area contributed by atoms with Crippen LogP contribution in [0.4, 0.5) is 5.69 Å². The van der Waals surface area contributed by atoms with E-state index in [0.717, 1.165) is 12.8 Å². The fourth-order valence-corrected chi connectivity index (χ4v) is 2.98. The zero-order valence-electron chi connectivity index (χ0n) is 15.5. The lowest BCUT2D eigenvalue weighted by Crippen LogP contribution is -2.26. The van der Waals surface area contributed by atoms with E-state index in [9.17, 15) is 14.9 Å². The first-order valence-corrected chi connectivity index (χ1v) is 9.39. The molecule has 1 amide bonds. The molecule has 2 aromatic carbocycles. The van der Waals surface area contributed by atoms with Crippen molar-refractivity contribution in [3.63, 3.8) is 0 Å². The van der Waals surface area contributed by atoms with Crippen LogP contribution in [-0.2, 0) is 0 Å². The number of amides is 1. The Morgan fingerprint density at radius 1 is 1.24 bits per heavy atom. The average molecular weight is 413 g/mol. The van der Waals surface area contributed by atoms with Crippen LogP contribution in [0.2, 0.25) is 5.02 Å². The smallest absolute Gasteiger partial charge is 0.311 e. The molecule has 8 nitrogen and oxygen atoms in total. The van der Waals surface area contributed by atoms with Gasteiger partial charge in [0.05, 0.1) is 10.6 Å². The molecule has 4 rings (SSSR count). The van der Waals surface area contributed by atoms with Gasteiger partial charge in [0, 0.05) is 22.7 Å². The van der Waals surface area contributed by atoms with Gasteiger partial charge in [-0.15, -0.1) is 0 Å². The Morgan fingerprint density at radius 3 is 2.59 bits per heavy atom. The maximum Gasteiger partial charge on any atom is 0.311 e. The van der Waals surface area contributed by atoms with E-state index >= 15 is 0 Å². The fraction of sp³-hybridized carbons (Fsp3) is 0.200. The number of carbonyl (C=O) groups is 1. The van der Waals surface area contributed by atoms with Crippen LogP contribution in [0.3, 0.4) is 0 Å². The first kappa shape index (κ1) is 18.9. The Hall–Kier alpha value is -3.39. The molecule has 1 aliphatic rings. The Labute approximate surface area is 171 Å². The first-order chi connectivity index (χ1) is 13.9. The maximum absolute atomic E-state index is 12.6. The highest BCUT2D eigenvalue weighted by Crippen LogP contribution is 2.35. The summed E-state index contributed by atoms with van der Waals surface area (Å²) in [5.41, 5.74) is 1.12. The molecular formula is C20H17ClN4O4. The van der Waals surface area contributed by atoms with Crippen molar-refractivity contribution in [2.45, 2.75) is 25.8 Å². The monoisotopic (exact) mass is 412 g/mol. The third-order valence-electron chi connectivity index (χ3n) is 4.54. The minimum atomic E-state index is -0.519. The predicted molar refractivity (Wildman–Crippen MR) is 107 cm³/mol. The summed E-state index contributed by atoms with van der Waals surface area (Å²) in [6.45, 7) is 1.70. The van der Waals surface area contributed by atoms with Crippen molar-refractivity contribution in [1.82, 2.24) is 15.1 Å². The summed E-state index contributed by atoms with van der Waals surface area (Å²) >= 11 is 5.98. The van der Waals surface area contributed by atoms with E-state index < -0.39 is 4.92 Å². The number of carbonyl (C=O) groups excluding carboxylic acids is 1. The number of para-hydroxylation sites is 2. The van der Waals surface area contributed by atoms with E-state index in [1.54, 1.807) is 43.3 Å². The summed E-state index contributed by atoms with van der Waals surface area (Å²) in [7, 11) is 0. The number of hydrogen-bond acceptors (Lipinski definition) is 5. The van der Waals surface area contributed by atoms with Crippen molar-refractivity contribution in [2.24, 2.45) is 0 Å². The summed E-state index contributed by atoms with van der Waals surface area (Å²) in [5, 5.41) is 19.2. The van der Waals surface area contributed by atoms with Crippen LogP contribution in [0.1, 0.15) is 28.9 Å². The fourth-order valence-electron chi connectivity index (χ4n) is 2.85. The molecule has 0 spiro atoms. The highest BCUT2D eigenvalue weighted by molar-refractivity contribution is 6.30. The maximum atomic E-state index is 12.6. The molecular weight excluding hydrogens is 396 g/mol. The van der Waals surface area contributed by atoms with E-state index in [-0.39, 0.29) is 35.0 Å². The third kappa shape index (κ3) is 3.93. The van der Waals surface area contributed by atoms with Crippen LogP contribution in [0.5, 0.6) is 11.6 Å². The number of hydrogen-bond donors (Lipinski definition) is 1. The van der Waals surface area contributed by atoms with Gasteiger partial charge in [-0.05, 0) is 50.1 Å². The van der Waals surface area contributed by atoms with E-state index in [4.69, 9.17) is 16.3 Å². The summed E-state index contributed by atoms with van der Waals surface area (Å²) in [6, 6.07) is 13.0. The van der Waals surface area contributed by atoms with Gasteiger partial charge in [-0.3, -0.25) is 14.9 Å². The lowest BCUT2D eigenvalue weighted by Gasteiger charge is -2.10. The SMILES string of the molecule is Cc1c(C(=O)NC2CC2)nn(-c2ccc(Cl)cc2)c1Oc1ccccc1[N+](=O)[O-]. The van der Waals surface area contributed by atoms with Crippen LogP contribution in [-0.4, -0.2) is 26.7 Å². The number of nitrogens with zero attached hydrogens (tertiary/aromatic N) is 3. The molecule has 1 aliphatic carbocycles. The summed E-state index contributed by atoms with van der Waals surface area (Å²) in [6.07, 6.45) is 1.89. The molecule has 1 aromatic heterocycles. The Bertz CT molecular complexity index is 1090. The van der Waals surface area contributed by atoms with Crippen molar-refractivity contribution >= 4 is 23.2 Å². The second kappa shape index (κ2) is 7.56. The van der Waals surface area contributed by atoms with Gasteiger partial charge in [0.15, 0.2) is 5.69 Å². The predicted octanol–water partition coefficient (Wildman–Crippen LogP) is 4.43. The average Bonchev–Trinajstić information content (AvgIpc) is 3.46. The van der Waals surface area contributed by atoms with Gasteiger partial charge in [-0.25, -0.2) is 0 Å². The zero-order valence-corrected chi connectivity index (χ0v) is 16.2. The molecule has 0 saturated heterocycles. The van der Waals surface area contributed by atoms with Crippen LogP contribution in [0.15, 0.2) is 48.5 Å². The number of nitrogens with one attached hydrogen (secondary N) is 1. The minimum Gasteiger partial charge on any atom is -0.431 e. The van der Waals surface area contributed by atoms with Gasteiger partial charge >= 0.3 is 5.69 Å². The molecule has 9 heteroatoms. The minimum absolute atomic E-state index is 0.0601. The quantitative estimate of drug-likeness (QED) is 0.477. The van der Waals surface area contributed by atoms with Crippen LogP contribution in [0, 0.1) is 17.0 Å². The lowest BCUT2D eigenvalue weighted by molar-refractivity contribution is -0.385. The largest absolute Gasteiger partial charge is 0.431 e. The van der Waals surface area contributed by atoms with Gasteiger partial charge in [0.25, 0.3) is 5.91 Å². The Kier molecular flexibility index (Phi) is 4.94. The van der Waals surface area contributed by atoms with E-state index in [2.05, 4.69) is 10.4 Å². The third-order valence-corrected chi connectivity index (χ3v) is 4.79. The normalized spacial score (nSPS) is 13.2. The number of aromatic nitrogens is 2. The molecule has 1 N–H and O–H groups in total. The van der Waals surface area contributed by atoms with Crippen molar-refractivity contribution in [3.8, 4) is 17.3 Å². The number of rotatable bonds is 6. The first-order valence-electron chi connectivity index (χ1n) is 9.01. The summed E-state index contributed by atoms with van der Waals surface area (Å²) in [4.78, 5) is 23.5. The highest BCUT2D eigenvalue weighted by Gasteiger charge is 2.29. The molecule has 0 bridgehead atoms. The Morgan fingerprint density at radius 2 is 1.93 bits per heavy atom. The van der Waals surface area contributed by atoms with E-state index in [1.165, 1.54) is 16.8 Å². The number of halogens is 1. The standard InChI is InChI=1S/C20H17ClN4O4/c1-12-18(19(26)22-14-8-9-14)23-24(15-10-6-13(21)7-11-15)20(12)29-17-5-3-2-4-16(17)25(27)28/h2-7,10-11,14H,8-9H2,1H3,(H,22,26). The van der Waals surface area contributed by atoms with Crippen molar-refractivity contribution in [2.75, 3.05) is 0 Å². The van der Waals surface area contributed by atoms with Gasteiger partial charge in [0.2, 0.25) is 11.6 Å². The Balaban J connectivity index is 1.80. The van der Waals surface area contributed by atoms with Gasteiger partial charge in [-0.2, -0.15) is 9.78 Å². The molecule has 1 fully saturated rings. The topological polar surface area (TPSA) is 99.3 Å². The van der Waals surface area contributed by atoms with Crippen molar-refractivity contribution in [1.29, 1.82) is 0 Å². The van der Waals surface area contributed by atoms with Gasteiger partial charge < -0.3 is 10.1 Å². The number of nitro benzene ring substituents is 1. The lowest BCUT2D eigenvalue weighted by atomic mass is 10.2. The molecule has 3 aromatic rings. The molecule has 1 heterocycles. The van der Waals surface area contributed by atoms with Gasteiger partial charge in [0.1, 0.15) is 0 Å². The molecule has 1 saturated carbocycles. The zero-order chi connectivity index (χ0) is 20.5. The number of ether oxygens (including phenoxy) is 1. The molecule has 29 heavy (non-hydrogen) atoms. The molecule has 148 valence electrons. The van der Waals surface area contributed by atoms with Crippen molar-refractivity contribution in [3.05, 3.63) is 74.9 Å². The molecule has 0 unspecified atom stereocenters. The van der Waals surface area contributed by atoms with E-state index in [1.807, 2.05) is 0 Å². The van der Waals surface area contributed by atoms with Crippen LogP contribution >= 0.6 is 11.6 Å². The second-order valence-electron chi connectivity index (χ2n) is 6.74. The highest BCUT2D eigenvalue weighted by atomic mass is 35.5. The van der Waals surface area contributed by atoms with Crippen LogP contribution in [0.25, 0.3) is 5.69 Å². The summed E-state index contributed by atoms with van der Waals surface area (Å²) < 4.78 is 7.36. The molecule has 0 aliphatic heterocycles. The molecule has 0 radical (unpaired) electrons. The van der Waals surface area contributed by atoms with Gasteiger partial charge in [-0.1, -0.05) is 23.7 Å². The summed E-state index contributed by atoms with van der Waals surface area (Å²) in [5.74, 6) is -0.0161. The number of benzene rings is 2. The number of nitro groups is 1. The van der Waals surface area contributed by atoms with Crippen molar-refractivity contribution < 1.29 is 14.5 Å². The second-order valence-corrected chi connectivity index (χ2v) is 7.18. The van der Waals surface area contributed by atoms with Crippen LogP contribution < -0.4 is 10.1 Å². The molecule has 0 atom stereocenters. The van der Waals surface area contributed by atoms with E-state index in [0.29, 0.717) is 16.3 Å².